The lowest BCUT2D eigenvalue weighted by Crippen LogP contribution is -2.45. The number of aromatic amines is 1. The van der Waals surface area contributed by atoms with Crippen molar-refractivity contribution in [1.29, 1.82) is 0 Å². The Labute approximate surface area is 221 Å². The van der Waals surface area contributed by atoms with Crippen molar-refractivity contribution in [3.63, 3.8) is 0 Å². The zero-order valence-corrected chi connectivity index (χ0v) is 22.0. The Bertz CT molecular complexity index is 1390. The van der Waals surface area contributed by atoms with Crippen LogP contribution >= 0.6 is 0 Å². The molecule has 0 bridgehead atoms. The normalized spacial score (nSPS) is 22.1. The van der Waals surface area contributed by atoms with Gasteiger partial charge in [-0.25, -0.2) is 9.37 Å². The Hall–Kier alpha value is -3.81. The second-order valence-electron chi connectivity index (χ2n) is 10.8. The molecule has 2 aliphatic carbocycles. The van der Waals surface area contributed by atoms with E-state index in [1.54, 1.807) is 24.2 Å². The number of H-pyrrole nitrogens is 1. The van der Waals surface area contributed by atoms with Crippen molar-refractivity contribution in [2.75, 3.05) is 18.9 Å². The molecule has 1 unspecified atom stereocenters. The number of rotatable bonds is 8. The number of fused-ring (bicyclic) bond motifs is 1. The molecule has 2 N–H and O–H groups in total. The first kappa shape index (κ1) is 25.8. The summed E-state index contributed by atoms with van der Waals surface area (Å²) in [6.45, 7) is 4.53. The van der Waals surface area contributed by atoms with E-state index in [4.69, 9.17) is 0 Å². The van der Waals surface area contributed by atoms with Crippen LogP contribution in [0.2, 0.25) is 0 Å². The number of nitrogens with one attached hydrogen (secondary N) is 2. The number of nitrogens with zero attached hydrogens (tertiary/aromatic N) is 2. The van der Waals surface area contributed by atoms with Crippen molar-refractivity contribution >= 4 is 23.4 Å². The predicted octanol–water partition coefficient (Wildman–Crippen LogP) is 4.97. The van der Waals surface area contributed by atoms with Gasteiger partial charge in [0, 0.05) is 55.9 Å². The van der Waals surface area contributed by atoms with Crippen molar-refractivity contribution in [2.45, 2.75) is 52.1 Å². The van der Waals surface area contributed by atoms with E-state index in [-0.39, 0.29) is 30.4 Å². The lowest BCUT2D eigenvalue weighted by Gasteiger charge is -2.35. The molecule has 2 aromatic heterocycles. The predicted molar refractivity (Wildman–Crippen MR) is 144 cm³/mol. The first-order chi connectivity index (χ1) is 18.2. The largest absolute Gasteiger partial charge is 0.358 e. The average molecular weight is 517 g/mol. The van der Waals surface area contributed by atoms with E-state index in [1.807, 2.05) is 50.2 Å². The Morgan fingerprint density at radius 2 is 1.95 bits per heavy atom. The van der Waals surface area contributed by atoms with E-state index < -0.39 is 17.5 Å². The molecule has 0 aliphatic heterocycles. The zero-order valence-electron chi connectivity index (χ0n) is 22.0. The van der Waals surface area contributed by atoms with Gasteiger partial charge in [-0.05, 0) is 43.0 Å². The lowest BCUT2D eigenvalue weighted by molar-refractivity contribution is -0.140. The summed E-state index contributed by atoms with van der Waals surface area (Å²) in [5.74, 6) is -0.744. The van der Waals surface area contributed by atoms with Gasteiger partial charge in [-0.2, -0.15) is 0 Å². The third-order valence-electron chi connectivity index (χ3n) is 7.57. The molecule has 38 heavy (non-hydrogen) atoms. The van der Waals surface area contributed by atoms with Gasteiger partial charge in [-0.1, -0.05) is 37.3 Å². The quantitative estimate of drug-likeness (QED) is 0.442. The summed E-state index contributed by atoms with van der Waals surface area (Å²) in [6, 6.07) is 13.5. The molecule has 3 aromatic rings. The van der Waals surface area contributed by atoms with Crippen molar-refractivity contribution in [3.8, 4) is 11.3 Å². The molecule has 5 rings (SSSR count). The summed E-state index contributed by atoms with van der Waals surface area (Å²) in [5.41, 5.74) is 4.01. The fourth-order valence-corrected chi connectivity index (χ4v) is 5.54. The minimum atomic E-state index is -1.09. The first-order valence-electron chi connectivity index (χ1n) is 13.2. The van der Waals surface area contributed by atoms with Crippen molar-refractivity contribution < 1.29 is 18.8 Å². The number of pyridine rings is 1. The molecular weight excluding hydrogens is 483 g/mol. The van der Waals surface area contributed by atoms with E-state index in [0.29, 0.717) is 30.8 Å². The van der Waals surface area contributed by atoms with Crippen LogP contribution in [0.15, 0.2) is 48.7 Å². The van der Waals surface area contributed by atoms with Crippen molar-refractivity contribution in [3.05, 3.63) is 71.0 Å². The topological polar surface area (TPSA) is 95.2 Å². The zero-order chi connectivity index (χ0) is 27.0. The highest BCUT2D eigenvalue weighted by molar-refractivity contribution is 6.05. The number of aromatic nitrogens is 2. The third kappa shape index (κ3) is 4.99. The number of hydrogen-bond acceptors (Lipinski definition) is 4. The molecule has 7 nitrogen and oxygen atoms in total. The van der Waals surface area contributed by atoms with Crippen LogP contribution in [-0.2, 0) is 22.4 Å². The molecule has 198 valence electrons. The van der Waals surface area contributed by atoms with Gasteiger partial charge < -0.3 is 15.2 Å². The maximum atomic E-state index is 13.7. The van der Waals surface area contributed by atoms with Gasteiger partial charge in [0.2, 0.25) is 11.8 Å². The number of benzene rings is 1. The number of amides is 2. The Kier molecular flexibility index (Phi) is 6.90. The Balaban J connectivity index is 1.54. The van der Waals surface area contributed by atoms with Crippen molar-refractivity contribution in [1.82, 2.24) is 14.9 Å². The number of carbonyl (C=O) groups is 3. The first-order valence-corrected chi connectivity index (χ1v) is 13.2. The molecular formula is C30H33FN4O3. The van der Waals surface area contributed by atoms with Gasteiger partial charge in [-0.15, -0.1) is 0 Å². The van der Waals surface area contributed by atoms with E-state index in [2.05, 4.69) is 15.3 Å². The average Bonchev–Trinajstić information content (AvgIpc) is 3.53. The van der Waals surface area contributed by atoms with Crippen LogP contribution in [0.4, 0.5) is 10.2 Å². The van der Waals surface area contributed by atoms with Crippen molar-refractivity contribution in [2.24, 2.45) is 11.3 Å². The van der Waals surface area contributed by atoms with E-state index in [9.17, 15) is 18.8 Å². The molecule has 0 saturated heterocycles. The van der Waals surface area contributed by atoms with E-state index >= 15 is 0 Å². The number of ketones is 1. The van der Waals surface area contributed by atoms with E-state index in [0.717, 1.165) is 34.5 Å². The molecule has 2 heterocycles. The van der Waals surface area contributed by atoms with Gasteiger partial charge in [0.1, 0.15) is 12.0 Å². The number of halogens is 1. The molecule has 3 atom stereocenters. The summed E-state index contributed by atoms with van der Waals surface area (Å²) in [4.78, 5) is 48.7. The fraction of sp³-hybridized carbons (Fsp3) is 0.400. The molecule has 1 aromatic carbocycles. The molecule has 0 radical (unpaired) electrons. The molecule has 8 heteroatoms. The van der Waals surface area contributed by atoms with Crippen LogP contribution in [0.3, 0.4) is 0 Å². The van der Waals surface area contributed by atoms with Gasteiger partial charge >= 0.3 is 0 Å². The minimum Gasteiger partial charge on any atom is -0.358 e. The van der Waals surface area contributed by atoms with Crippen LogP contribution in [0.1, 0.15) is 60.3 Å². The molecule has 1 saturated carbocycles. The lowest BCUT2D eigenvalue weighted by atomic mass is 9.72. The SMILES string of the molecule is CCCN(C)C(=O)C1(C)CC(=O)c2c([nH]c(-c3ccnc(NC(=O)[C@@H]4C[C@@H]4F)c3)c2Cc2ccccc2)C1. The summed E-state index contributed by atoms with van der Waals surface area (Å²) in [5, 5.41) is 2.72. The monoisotopic (exact) mass is 516 g/mol. The van der Waals surface area contributed by atoms with Gasteiger partial charge in [0.05, 0.1) is 17.0 Å². The summed E-state index contributed by atoms with van der Waals surface area (Å²) >= 11 is 0. The highest BCUT2D eigenvalue weighted by Crippen LogP contribution is 2.42. The van der Waals surface area contributed by atoms with Crippen LogP contribution < -0.4 is 5.32 Å². The number of Topliss-reactive ketones (excluding diaryl/α,β-unsaturated/α-hetero) is 1. The summed E-state index contributed by atoms with van der Waals surface area (Å²) < 4.78 is 13.4. The molecule has 2 aliphatic rings. The minimum absolute atomic E-state index is 0.0285. The number of carbonyl (C=O) groups excluding carboxylic acids is 3. The second kappa shape index (κ2) is 10.2. The maximum Gasteiger partial charge on any atom is 0.231 e. The summed E-state index contributed by atoms with van der Waals surface area (Å²) in [6.07, 6.45) is 2.69. The maximum absolute atomic E-state index is 13.7. The summed E-state index contributed by atoms with van der Waals surface area (Å²) in [7, 11) is 1.79. The van der Waals surface area contributed by atoms with Gasteiger partial charge in [-0.3, -0.25) is 14.4 Å². The van der Waals surface area contributed by atoms with Gasteiger partial charge in [0.25, 0.3) is 0 Å². The third-order valence-corrected chi connectivity index (χ3v) is 7.57. The number of hydrogen-bond donors (Lipinski definition) is 2. The van der Waals surface area contributed by atoms with Gasteiger partial charge in [0.15, 0.2) is 5.78 Å². The van der Waals surface area contributed by atoms with E-state index in [1.165, 1.54) is 0 Å². The standard InChI is InChI=1S/C30H33FN4O3/c1-4-12-35(3)29(38)30(2)16-23-26(24(36)17-30)21(13-18-8-6-5-7-9-18)27(33-23)19-10-11-32-25(14-19)34-28(37)20-15-22(20)31/h5-11,14,20,22,33H,4,12-13,15-17H2,1-3H3,(H,32,34,37)/t20-,22+,30?/m1/s1. The molecule has 0 spiro atoms. The molecule has 2 amide bonds. The van der Waals surface area contributed by atoms with Crippen LogP contribution in [0.25, 0.3) is 11.3 Å². The highest BCUT2D eigenvalue weighted by atomic mass is 19.1. The number of alkyl halides is 1. The van der Waals surface area contributed by atoms with Crippen LogP contribution in [0, 0.1) is 11.3 Å². The Morgan fingerprint density at radius 1 is 1.21 bits per heavy atom. The highest BCUT2D eigenvalue weighted by Gasteiger charge is 2.45. The fourth-order valence-electron chi connectivity index (χ4n) is 5.54. The molecule has 1 fully saturated rings. The second-order valence-corrected chi connectivity index (χ2v) is 10.8. The van der Waals surface area contributed by atoms with Crippen LogP contribution in [-0.4, -0.2) is 52.2 Å². The van der Waals surface area contributed by atoms with Crippen LogP contribution in [0.5, 0.6) is 0 Å². The number of anilines is 1. The smallest absolute Gasteiger partial charge is 0.231 e. The Morgan fingerprint density at radius 3 is 2.63 bits per heavy atom.